The van der Waals surface area contributed by atoms with Crippen LogP contribution in [0.2, 0.25) is 0 Å². The second-order valence-corrected chi connectivity index (χ2v) is 6.27. The summed E-state index contributed by atoms with van der Waals surface area (Å²) in [5, 5.41) is 10.0. The second-order valence-electron chi connectivity index (χ2n) is 6.27. The third-order valence-corrected chi connectivity index (χ3v) is 4.05. The Morgan fingerprint density at radius 1 is 1.10 bits per heavy atom. The smallest absolute Gasteiger partial charge is 0.400 e. The van der Waals surface area contributed by atoms with E-state index in [4.69, 9.17) is 9.31 Å². The minimum Gasteiger partial charge on any atom is -0.400 e. The highest BCUT2D eigenvalue weighted by Crippen LogP contribution is 2.36. The van der Waals surface area contributed by atoms with E-state index in [1.807, 2.05) is 58.0 Å². The van der Waals surface area contributed by atoms with Gasteiger partial charge in [0.2, 0.25) is 0 Å². The lowest BCUT2D eigenvalue weighted by molar-refractivity contribution is 0.00578. The molecule has 0 aliphatic carbocycles. The number of hydrogen-bond acceptors (Lipinski definition) is 3. The molecule has 0 saturated carbocycles. The molecule has 0 amide bonds. The van der Waals surface area contributed by atoms with E-state index in [9.17, 15) is 5.11 Å². The number of rotatable bonds is 4. The predicted octanol–water partition coefficient (Wildman–Crippen LogP) is 2.78. The lowest BCUT2D eigenvalue weighted by Crippen LogP contribution is -2.41. The Morgan fingerprint density at radius 2 is 1.65 bits per heavy atom. The Labute approximate surface area is 121 Å². The maximum absolute atomic E-state index is 10.0. The van der Waals surface area contributed by atoms with E-state index in [0.717, 1.165) is 5.56 Å². The summed E-state index contributed by atoms with van der Waals surface area (Å²) in [5.74, 6) is 1.80. The number of benzene rings is 1. The van der Waals surface area contributed by atoms with Crippen LogP contribution in [0, 0.1) is 0 Å². The fourth-order valence-electron chi connectivity index (χ4n) is 2.11. The van der Waals surface area contributed by atoms with Crippen molar-refractivity contribution in [1.82, 2.24) is 0 Å². The number of aliphatic hydroxyl groups is 1. The normalized spacial score (nSPS) is 22.4. The Kier molecular flexibility index (Phi) is 4.38. The molecule has 2 rings (SSSR count). The van der Waals surface area contributed by atoms with Crippen molar-refractivity contribution < 1.29 is 14.4 Å². The van der Waals surface area contributed by atoms with Gasteiger partial charge in [0, 0.05) is 6.42 Å². The van der Waals surface area contributed by atoms with Gasteiger partial charge in [-0.25, -0.2) is 0 Å². The van der Waals surface area contributed by atoms with Crippen LogP contribution in [-0.2, 0) is 15.7 Å². The summed E-state index contributed by atoms with van der Waals surface area (Å²) in [6.45, 7) is 8.06. The van der Waals surface area contributed by atoms with Crippen LogP contribution < -0.4 is 0 Å². The molecule has 1 unspecified atom stereocenters. The molecule has 1 aliphatic rings. The van der Waals surface area contributed by atoms with Gasteiger partial charge < -0.3 is 14.4 Å². The van der Waals surface area contributed by atoms with Gasteiger partial charge >= 0.3 is 7.12 Å². The first kappa shape index (κ1) is 15.3. The van der Waals surface area contributed by atoms with Crippen LogP contribution in [0.15, 0.2) is 42.4 Å². The first-order valence-electron chi connectivity index (χ1n) is 7.06. The van der Waals surface area contributed by atoms with Gasteiger partial charge in [-0.2, -0.15) is 0 Å². The standard InChI is InChI=1S/C16H23BO3/c1-15(2)16(3,4)20-17(19-15)11-10-14(18)12-13-8-6-5-7-9-13/h5-11,14,18H,12H2,1-4H3/b11-10+. The van der Waals surface area contributed by atoms with Crippen molar-refractivity contribution in [3.63, 3.8) is 0 Å². The summed E-state index contributed by atoms with van der Waals surface area (Å²) in [7, 11) is -0.398. The maximum Gasteiger partial charge on any atom is 0.486 e. The summed E-state index contributed by atoms with van der Waals surface area (Å²) in [4.78, 5) is 0. The van der Waals surface area contributed by atoms with Crippen LogP contribution in [0.5, 0.6) is 0 Å². The van der Waals surface area contributed by atoms with Gasteiger partial charge in [-0.3, -0.25) is 0 Å². The zero-order valence-corrected chi connectivity index (χ0v) is 12.7. The van der Waals surface area contributed by atoms with E-state index >= 15 is 0 Å². The molecular formula is C16H23BO3. The van der Waals surface area contributed by atoms with Crippen molar-refractivity contribution in [1.29, 1.82) is 0 Å². The van der Waals surface area contributed by atoms with Gasteiger partial charge in [-0.1, -0.05) is 42.4 Å². The zero-order valence-electron chi connectivity index (χ0n) is 12.7. The predicted molar refractivity (Wildman–Crippen MR) is 81.4 cm³/mol. The van der Waals surface area contributed by atoms with Crippen LogP contribution in [0.1, 0.15) is 33.3 Å². The van der Waals surface area contributed by atoms with Crippen LogP contribution in [0.4, 0.5) is 0 Å². The highest BCUT2D eigenvalue weighted by atomic mass is 16.7. The van der Waals surface area contributed by atoms with Gasteiger partial charge in [-0.15, -0.1) is 0 Å². The van der Waals surface area contributed by atoms with Gasteiger partial charge in [0.1, 0.15) is 0 Å². The molecular weight excluding hydrogens is 251 g/mol. The molecule has 1 saturated heterocycles. The molecule has 0 spiro atoms. The second kappa shape index (κ2) is 5.72. The quantitative estimate of drug-likeness (QED) is 0.858. The largest absolute Gasteiger partial charge is 0.486 e. The van der Waals surface area contributed by atoms with Crippen molar-refractivity contribution in [3.05, 3.63) is 47.9 Å². The molecule has 20 heavy (non-hydrogen) atoms. The van der Waals surface area contributed by atoms with Gasteiger partial charge in [-0.05, 0) is 33.3 Å². The van der Waals surface area contributed by atoms with Crippen LogP contribution in [0.25, 0.3) is 0 Å². The molecule has 1 heterocycles. The van der Waals surface area contributed by atoms with Crippen molar-refractivity contribution in [2.24, 2.45) is 0 Å². The minimum atomic E-state index is -0.531. The Bertz CT molecular complexity index is 452. The molecule has 3 nitrogen and oxygen atoms in total. The summed E-state index contributed by atoms with van der Waals surface area (Å²) < 4.78 is 11.7. The highest BCUT2D eigenvalue weighted by Gasteiger charge is 2.50. The van der Waals surface area contributed by atoms with Crippen molar-refractivity contribution in [3.8, 4) is 0 Å². The first-order valence-corrected chi connectivity index (χ1v) is 7.06. The molecule has 4 heteroatoms. The summed E-state index contributed by atoms with van der Waals surface area (Å²) in [6.07, 6.45) is 1.81. The van der Waals surface area contributed by atoms with E-state index in [2.05, 4.69) is 0 Å². The third-order valence-electron chi connectivity index (χ3n) is 4.05. The van der Waals surface area contributed by atoms with Crippen LogP contribution >= 0.6 is 0 Å². The van der Waals surface area contributed by atoms with E-state index < -0.39 is 13.2 Å². The molecule has 1 aliphatic heterocycles. The van der Waals surface area contributed by atoms with E-state index in [1.165, 1.54) is 0 Å². The molecule has 0 aromatic heterocycles. The molecule has 1 aromatic rings. The van der Waals surface area contributed by atoms with Gasteiger partial charge in [0.15, 0.2) is 0 Å². The molecule has 1 fully saturated rings. The SMILES string of the molecule is CC1(C)OB(/C=C/C(O)Cc2ccccc2)OC1(C)C. The monoisotopic (exact) mass is 274 g/mol. The van der Waals surface area contributed by atoms with Gasteiger partial charge in [0.25, 0.3) is 0 Å². The third kappa shape index (κ3) is 3.51. The average molecular weight is 274 g/mol. The number of hydrogen-bond donors (Lipinski definition) is 1. The van der Waals surface area contributed by atoms with Crippen molar-refractivity contribution in [2.75, 3.05) is 0 Å². The zero-order chi connectivity index (χ0) is 14.8. The molecule has 1 N–H and O–H groups in total. The van der Waals surface area contributed by atoms with E-state index in [0.29, 0.717) is 6.42 Å². The Hall–Kier alpha value is -1.10. The van der Waals surface area contributed by atoms with Crippen LogP contribution in [-0.4, -0.2) is 29.5 Å². The lowest BCUT2D eigenvalue weighted by Gasteiger charge is -2.32. The molecule has 0 radical (unpaired) electrons. The molecule has 0 bridgehead atoms. The van der Waals surface area contributed by atoms with Crippen molar-refractivity contribution >= 4 is 7.12 Å². The Morgan fingerprint density at radius 3 is 2.20 bits per heavy atom. The molecule has 1 atom stereocenters. The summed E-state index contributed by atoms with van der Waals surface area (Å²) in [6, 6.07) is 9.92. The number of aliphatic hydroxyl groups excluding tert-OH is 1. The topological polar surface area (TPSA) is 38.7 Å². The van der Waals surface area contributed by atoms with E-state index in [1.54, 1.807) is 12.1 Å². The fraction of sp³-hybridized carbons (Fsp3) is 0.500. The minimum absolute atomic E-state index is 0.341. The molecule has 1 aromatic carbocycles. The van der Waals surface area contributed by atoms with Crippen molar-refractivity contribution in [2.45, 2.75) is 51.4 Å². The highest BCUT2D eigenvalue weighted by molar-refractivity contribution is 6.51. The van der Waals surface area contributed by atoms with Gasteiger partial charge in [0.05, 0.1) is 17.3 Å². The van der Waals surface area contributed by atoms with E-state index in [-0.39, 0.29) is 11.2 Å². The summed E-state index contributed by atoms with van der Waals surface area (Å²) >= 11 is 0. The average Bonchev–Trinajstić information content (AvgIpc) is 2.57. The summed E-state index contributed by atoms with van der Waals surface area (Å²) in [5.41, 5.74) is 0.428. The molecule has 108 valence electrons. The Balaban J connectivity index is 1.91. The first-order chi connectivity index (χ1) is 9.30. The van der Waals surface area contributed by atoms with Crippen LogP contribution in [0.3, 0.4) is 0 Å². The maximum atomic E-state index is 10.0. The fourth-order valence-corrected chi connectivity index (χ4v) is 2.11. The lowest BCUT2D eigenvalue weighted by atomic mass is 9.89.